The molecule has 1 amide bonds. The van der Waals surface area contributed by atoms with Crippen molar-refractivity contribution in [2.24, 2.45) is 0 Å². The predicted octanol–water partition coefficient (Wildman–Crippen LogP) is 4.22. The van der Waals surface area contributed by atoms with Gasteiger partial charge in [0.15, 0.2) is 0 Å². The first-order valence-electron chi connectivity index (χ1n) is 8.21. The van der Waals surface area contributed by atoms with Crippen LogP contribution in [0.15, 0.2) is 35.7 Å². The number of nitrogens with zero attached hydrogens (tertiary/aromatic N) is 1. The molecule has 0 spiro atoms. The third kappa shape index (κ3) is 4.76. The summed E-state index contributed by atoms with van der Waals surface area (Å²) >= 11 is 1.78. The van der Waals surface area contributed by atoms with Crippen LogP contribution in [0.25, 0.3) is 0 Å². The molecule has 0 saturated heterocycles. The molecule has 3 rings (SSSR count). The van der Waals surface area contributed by atoms with Crippen molar-refractivity contribution in [3.05, 3.63) is 46.2 Å². The van der Waals surface area contributed by atoms with Gasteiger partial charge >= 0.3 is 6.18 Å². The minimum atomic E-state index is -4.45. The van der Waals surface area contributed by atoms with Crippen LogP contribution in [0.3, 0.4) is 0 Å². The zero-order valence-corrected chi connectivity index (χ0v) is 15.0. The van der Waals surface area contributed by atoms with E-state index in [1.807, 2.05) is 12.1 Å². The van der Waals surface area contributed by atoms with Gasteiger partial charge in [0.25, 0.3) is 5.91 Å². The van der Waals surface area contributed by atoms with Gasteiger partial charge in [0, 0.05) is 29.3 Å². The number of benzene rings is 1. The van der Waals surface area contributed by atoms with Crippen molar-refractivity contribution in [3.63, 3.8) is 0 Å². The van der Waals surface area contributed by atoms with E-state index >= 15 is 0 Å². The quantitative estimate of drug-likeness (QED) is 0.839. The highest BCUT2D eigenvalue weighted by Gasteiger charge is 2.30. The molecule has 26 heavy (non-hydrogen) atoms. The van der Waals surface area contributed by atoms with Crippen LogP contribution in [0.5, 0.6) is 0 Å². The molecule has 0 bridgehead atoms. The standard InChI is InChI=1S/C18H19F3N2O2S/c1-12(25-11-18(19,20)21)17(24)22-14-2-4-15(5-3-14)23-8-6-16-13(10-23)7-9-26-16/h2-5,7,9,12H,6,8,10-11H2,1H3,(H,22,24)/t12-/m0/s1. The average Bonchev–Trinajstić information content (AvgIpc) is 3.07. The Morgan fingerprint density at radius 1 is 1.31 bits per heavy atom. The van der Waals surface area contributed by atoms with Crippen LogP contribution in [-0.4, -0.2) is 31.3 Å². The number of hydrogen-bond acceptors (Lipinski definition) is 4. The van der Waals surface area contributed by atoms with Gasteiger partial charge in [0.2, 0.25) is 0 Å². The zero-order valence-electron chi connectivity index (χ0n) is 14.2. The molecule has 2 aromatic rings. The maximum atomic E-state index is 12.1. The highest BCUT2D eigenvalue weighted by Crippen LogP contribution is 2.28. The molecule has 8 heteroatoms. The molecule has 4 nitrogen and oxygen atoms in total. The second-order valence-corrected chi connectivity index (χ2v) is 7.15. The number of halogens is 3. The van der Waals surface area contributed by atoms with Gasteiger partial charge < -0.3 is 15.0 Å². The SMILES string of the molecule is C[C@H](OCC(F)(F)F)C(=O)Nc1ccc(N2CCc3sccc3C2)cc1. The summed E-state index contributed by atoms with van der Waals surface area (Å²) in [5, 5.41) is 4.68. The van der Waals surface area contributed by atoms with Gasteiger partial charge in [-0.25, -0.2) is 0 Å². The maximum absolute atomic E-state index is 12.1. The average molecular weight is 384 g/mol. The summed E-state index contributed by atoms with van der Waals surface area (Å²) in [7, 11) is 0. The van der Waals surface area contributed by atoms with E-state index in [-0.39, 0.29) is 0 Å². The normalized spacial score (nSPS) is 15.5. The highest BCUT2D eigenvalue weighted by atomic mass is 32.1. The van der Waals surface area contributed by atoms with E-state index in [4.69, 9.17) is 0 Å². The van der Waals surface area contributed by atoms with Crippen LogP contribution in [0.4, 0.5) is 24.5 Å². The van der Waals surface area contributed by atoms with Crippen molar-refractivity contribution in [3.8, 4) is 0 Å². The van der Waals surface area contributed by atoms with Crippen LogP contribution < -0.4 is 10.2 Å². The Bertz CT molecular complexity index is 759. The van der Waals surface area contributed by atoms with Crippen LogP contribution >= 0.6 is 11.3 Å². The van der Waals surface area contributed by atoms with Crippen molar-refractivity contribution in [2.45, 2.75) is 32.2 Å². The van der Waals surface area contributed by atoms with E-state index in [1.165, 1.54) is 17.4 Å². The number of rotatable bonds is 5. The molecule has 2 heterocycles. The minimum absolute atomic E-state index is 0.523. The Morgan fingerprint density at radius 2 is 2.04 bits per heavy atom. The lowest BCUT2D eigenvalue weighted by molar-refractivity contribution is -0.184. The fourth-order valence-electron chi connectivity index (χ4n) is 2.76. The van der Waals surface area contributed by atoms with Gasteiger partial charge in [-0.1, -0.05) is 0 Å². The number of hydrogen-bond donors (Lipinski definition) is 1. The zero-order chi connectivity index (χ0) is 18.7. The molecule has 0 aliphatic carbocycles. The molecule has 1 aromatic heterocycles. The Labute approximate surface area is 153 Å². The number of anilines is 2. The van der Waals surface area contributed by atoms with Gasteiger partial charge in [0.05, 0.1) is 0 Å². The Balaban J connectivity index is 1.55. The number of amides is 1. The second kappa shape index (κ2) is 7.67. The van der Waals surface area contributed by atoms with E-state index in [0.717, 1.165) is 25.2 Å². The monoisotopic (exact) mass is 384 g/mol. The van der Waals surface area contributed by atoms with Crippen LogP contribution in [-0.2, 0) is 22.5 Å². The molecule has 140 valence electrons. The number of ether oxygens (including phenoxy) is 1. The van der Waals surface area contributed by atoms with Crippen molar-refractivity contribution in [2.75, 3.05) is 23.4 Å². The largest absolute Gasteiger partial charge is 0.411 e. The van der Waals surface area contributed by atoms with E-state index in [0.29, 0.717) is 5.69 Å². The summed E-state index contributed by atoms with van der Waals surface area (Å²) in [6.07, 6.45) is -4.62. The fraction of sp³-hybridized carbons (Fsp3) is 0.389. The highest BCUT2D eigenvalue weighted by molar-refractivity contribution is 7.10. The van der Waals surface area contributed by atoms with E-state index in [9.17, 15) is 18.0 Å². The topological polar surface area (TPSA) is 41.6 Å². The Morgan fingerprint density at radius 3 is 2.73 bits per heavy atom. The first kappa shape index (κ1) is 18.7. The number of thiophene rings is 1. The van der Waals surface area contributed by atoms with Crippen LogP contribution in [0, 0.1) is 0 Å². The van der Waals surface area contributed by atoms with E-state index in [1.54, 1.807) is 23.5 Å². The smallest absolute Gasteiger partial charge is 0.367 e. The Kier molecular flexibility index (Phi) is 5.52. The molecule has 1 aromatic carbocycles. The third-order valence-electron chi connectivity index (χ3n) is 4.17. The summed E-state index contributed by atoms with van der Waals surface area (Å²) < 4.78 is 41.0. The molecule has 0 fully saturated rings. The van der Waals surface area contributed by atoms with Gasteiger partial charge in [-0.05, 0) is 54.6 Å². The summed E-state index contributed by atoms with van der Waals surface area (Å²) in [4.78, 5) is 15.6. The first-order chi connectivity index (χ1) is 12.3. The number of fused-ring (bicyclic) bond motifs is 1. The molecule has 1 N–H and O–H groups in total. The molecular weight excluding hydrogens is 365 g/mol. The van der Waals surface area contributed by atoms with E-state index < -0.39 is 24.8 Å². The van der Waals surface area contributed by atoms with Crippen molar-refractivity contribution >= 4 is 28.6 Å². The Hall–Kier alpha value is -2.06. The van der Waals surface area contributed by atoms with Crippen molar-refractivity contribution < 1.29 is 22.7 Å². The lowest BCUT2D eigenvalue weighted by Crippen LogP contribution is -2.31. The summed E-state index contributed by atoms with van der Waals surface area (Å²) in [5.41, 5.74) is 2.91. The number of carbonyl (C=O) groups excluding carboxylic acids is 1. The minimum Gasteiger partial charge on any atom is -0.367 e. The number of alkyl halides is 3. The number of carbonyl (C=O) groups is 1. The molecule has 1 aliphatic heterocycles. The second-order valence-electron chi connectivity index (χ2n) is 6.15. The van der Waals surface area contributed by atoms with Gasteiger partial charge in [0.1, 0.15) is 12.7 Å². The van der Waals surface area contributed by atoms with Crippen molar-refractivity contribution in [1.82, 2.24) is 0 Å². The van der Waals surface area contributed by atoms with Crippen LogP contribution in [0.1, 0.15) is 17.4 Å². The lowest BCUT2D eigenvalue weighted by atomic mass is 10.1. The van der Waals surface area contributed by atoms with Gasteiger partial charge in [-0.15, -0.1) is 11.3 Å². The van der Waals surface area contributed by atoms with E-state index in [2.05, 4.69) is 26.4 Å². The lowest BCUT2D eigenvalue weighted by Gasteiger charge is -2.29. The van der Waals surface area contributed by atoms with Crippen LogP contribution in [0.2, 0.25) is 0 Å². The molecular formula is C18H19F3N2O2S. The number of nitrogens with one attached hydrogen (secondary N) is 1. The molecule has 1 aliphatic rings. The maximum Gasteiger partial charge on any atom is 0.411 e. The molecule has 0 unspecified atom stereocenters. The summed E-state index contributed by atoms with van der Waals surface area (Å²) in [6.45, 7) is 1.63. The summed E-state index contributed by atoms with van der Waals surface area (Å²) in [5.74, 6) is -0.608. The van der Waals surface area contributed by atoms with Gasteiger partial charge in [-0.3, -0.25) is 4.79 Å². The molecule has 0 saturated carbocycles. The molecule has 1 atom stereocenters. The van der Waals surface area contributed by atoms with Gasteiger partial charge in [-0.2, -0.15) is 13.2 Å². The summed E-state index contributed by atoms with van der Waals surface area (Å²) in [6, 6.07) is 9.42. The first-order valence-corrected chi connectivity index (χ1v) is 9.09. The molecule has 0 radical (unpaired) electrons. The predicted molar refractivity (Wildman–Crippen MR) is 95.6 cm³/mol. The third-order valence-corrected chi connectivity index (χ3v) is 5.20. The van der Waals surface area contributed by atoms with Crippen molar-refractivity contribution in [1.29, 1.82) is 0 Å². The fourth-order valence-corrected chi connectivity index (χ4v) is 3.65.